The van der Waals surface area contributed by atoms with Crippen LogP contribution in [0, 0.1) is 6.92 Å². The van der Waals surface area contributed by atoms with E-state index >= 15 is 0 Å². The number of methoxy groups -OCH3 is 1. The van der Waals surface area contributed by atoms with E-state index in [1.165, 1.54) is 5.56 Å². The zero-order valence-electron chi connectivity index (χ0n) is 20.5. The van der Waals surface area contributed by atoms with Crippen LogP contribution in [0.5, 0.6) is 5.75 Å². The second-order valence-electron chi connectivity index (χ2n) is 8.84. The Labute approximate surface area is 206 Å². The van der Waals surface area contributed by atoms with Crippen LogP contribution in [0.3, 0.4) is 0 Å². The van der Waals surface area contributed by atoms with E-state index in [-0.39, 0.29) is 17.9 Å². The van der Waals surface area contributed by atoms with Crippen molar-refractivity contribution in [3.8, 4) is 5.75 Å². The third-order valence-corrected chi connectivity index (χ3v) is 6.27. The van der Waals surface area contributed by atoms with E-state index in [4.69, 9.17) is 9.47 Å². The largest absolute Gasteiger partial charge is 0.481 e. The Balaban J connectivity index is 1.66. The molecule has 1 heterocycles. The summed E-state index contributed by atoms with van der Waals surface area (Å²) in [7, 11) is 1.59. The molecule has 4 rings (SSSR count). The Morgan fingerprint density at radius 1 is 1.06 bits per heavy atom. The van der Waals surface area contributed by atoms with Crippen molar-refractivity contribution in [1.82, 2.24) is 10.2 Å². The molecule has 3 aromatic rings. The maximum Gasteiger partial charge on any atom is 0.260 e. The zero-order valence-corrected chi connectivity index (χ0v) is 20.5. The molecule has 6 heteroatoms. The van der Waals surface area contributed by atoms with Gasteiger partial charge in [0.15, 0.2) is 6.10 Å². The molecule has 0 spiro atoms. The van der Waals surface area contributed by atoms with Gasteiger partial charge >= 0.3 is 0 Å². The Kier molecular flexibility index (Phi) is 7.83. The minimum atomic E-state index is -0.659. The van der Waals surface area contributed by atoms with Gasteiger partial charge in [-0.2, -0.15) is 0 Å². The maximum atomic E-state index is 13.6. The number of nitrogens with one attached hydrogen (secondary N) is 1. The molecule has 1 aliphatic heterocycles. The molecule has 0 aromatic heterocycles. The molecule has 35 heavy (non-hydrogen) atoms. The van der Waals surface area contributed by atoms with Gasteiger partial charge in [-0.1, -0.05) is 54.1 Å². The van der Waals surface area contributed by atoms with Gasteiger partial charge in [0.25, 0.3) is 11.8 Å². The fraction of sp³-hybridized carbons (Fsp3) is 0.310. The average molecular weight is 473 g/mol. The number of benzene rings is 3. The summed E-state index contributed by atoms with van der Waals surface area (Å²) >= 11 is 0. The number of fused-ring (bicyclic) bond motifs is 1. The minimum absolute atomic E-state index is 0.0000310. The number of ether oxygens (including phenoxy) is 2. The van der Waals surface area contributed by atoms with Crippen molar-refractivity contribution in [1.29, 1.82) is 0 Å². The van der Waals surface area contributed by atoms with E-state index in [0.717, 1.165) is 23.1 Å². The zero-order chi connectivity index (χ0) is 24.8. The summed E-state index contributed by atoms with van der Waals surface area (Å²) in [6, 6.07) is 23.4. The fourth-order valence-electron chi connectivity index (χ4n) is 4.51. The van der Waals surface area contributed by atoms with E-state index < -0.39 is 6.10 Å². The summed E-state index contributed by atoms with van der Waals surface area (Å²) in [6.07, 6.45) is 0.0942. The molecule has 2 amide bonds. The molecule has 2 atom stereocenters. The standard InChI is InChI=1S/C29H32N2O4/c1-20-8-7-11-24(18-20)27-26-19-25(35-21(2)28(32)30-15-17-34-3)13-12-22(26)14-16-31(27)29(33)23-9-5-4-6-10-23/h4-13,18-19,21,27H,14-17H2,1-3H3,(H,30,32)/t21-,27-/m1/s1. The van der Waals surface area contributed by atoms with Gasteiger partial charge in [-0.25, -0.2) is 0 Å². The summed E-state index contributed by atoms with van der Waals surface area (Å²) in [5, 5.41) is 2.81. The molecule has 0 aliphatic carbocycles. The molecule has 1 aliphatic rings. The van der Waals surface area contributed by atoms with Crippen LogP contribution in [0.1, 0.15) is 45.6 Å². The van der Waals surface area contributed by atoms with Crippen molar-refractivity contribution in [2.24, 2.45) is 0 Å². The molecule has 0 bridgehead atoms. The summed E-state index contributed by atoms with van der Waals surface area (Å²) in [5.41, 5.74) is 5.06. The highest BCUT2D eigenvalue weighted by molar-refractivity contribution is 5.95. The first-order valence-electron chi connectivity index (χ1n) is 12.0. The molecule has 0 unspecified atom stereocenters. The van der Waals surface area contributed by atoms with Crippen molar-refractivity contribution < 1.29 is 19.1 Å². The topological polar surface area (TPSA) is 67.9 Å². The van der Waals surface area contributed by atoms with E-state index in [2.05, 4.69) is 30.4 Å². The van der Waals surface area contributed by atoms with Gasteiger partial charge in [-0.3, -0.25) is 9.59 Å². The number of hydrogen-bond donors (Lipinski definition) is 1. The normalized spacial score (nSPS) is 15.7. The van der Waals surface area contributed by atoms with Gasteiger partial charge in [0.05, 0.1) is 12.6 Å². The highest BCUT2D eigenvalue weighted by atomic mass is 16.5. The Morgan fingerprint density at radius 2 is 1.86 bits per heavy atom. The summed E-state index contributed by atoms with van der Waals surface area (Å²) in [5.74, 6) is 0.403. The van der Waals surface area contributed by atoms with Crippen LogP contribution in [0.4, 0.5) is 0 Å². The van der Waals surface area contributed by atoms with Crippen molar-refractivity contribution in [3.05, 3.63) is 101 Å². The lowest BCUT2D eigenvalue weighted by Gasteiger charge is -2.38. The van der Waals surface area contributed by atoms with Crippen molar-refractivity contribution in [2.75, 3.05) is 26.8 Å². The molecule has 0 radical (unpaired) electrons. The second kappa shape index (κ2) is 11.2. The van der Waals surface area contributed by atoms with Gasteiger partial charge < -0.3 is 19.7 Å². The summed E-state index contributed by atoms with van der Waals surface area (Å²) < 4.78 is 11.0. The first-order chi connectivity index (χ1) is 17.0. The molecule has 6 nitrogen and oxygen atoms in total. The monoisotopic (exact) mass is 472 g/mol. The van der Waals surface area contributed by atoms with Crippen LogP contribution in [0.15, 0.2) is 72.8 Å². The number of carbonyl (C=O) groups is 2. The third-order valence-electron chi connectivity index (χ3n) is 6.27. The van der Waals surface area contributed by atoms with Crippen molar-refractivity contribution in [3.63, 3.8) is 0 Å². The maximum absolute atomic E-state index is 13.6. The van der Waals surface area contributed by atoms with Crippen molar-refractivity contribution in [2.45, 2.75) is 32.4 Å². The molecule has 1 N–H and O–H groups in total. The van der Waals surface area contributed by atoms with E-state index in [0.29, 0.717) is 31.0 Å². The van der Waals surface area contributed by atoms with Crippen LogP contribution >= 0.6 is 0 Å². The molecular formula is C29H32N2O4. The Bertz CT molecular complexity index is 1180. The van der Waals surface area contributed by atoms with Crippen LogP contribution in [-0.2, 0) is 16.0 Å². The Hall–Kier alpha value is -3.64. The molecule has 0 saturated heterocycles. The quantitative estimate of drug-likeness (QED) is 0.496. The highest BCUT2D eigenvalue weighted by Gasteiger charge is 2.33. The van der Waals surface area contributed by atoms with Gasteiger partial charge in [0.1, 0.15) is 5.75 Å². The van der Waals surface area contributed by atoms with Crippen LogP contribution in [0.2, 0.25) is 0 Å². The minimum Gasteiger partial charge on any atom is -0.481 e. The van der Waals surface area contributed by atoms with Crippen LogP contribution < -0.4 is 10.1 Å². The molecule has 0 fully saturated rings. The number of carbonyl (C=O) groups excluding carboxylic acids is 2. The van der Waals surface area contributed by atoms with E-state index in [9.17, 15) is 9.59 Å². The number of hydrogen-bond acceptors (Lipinski definition) is 4. The first-order valence-corrected chi connectivity index (χ1v) is 12.0. The smallest absolute Gasteiger partial charge is 0.260 e. The highest BCUT2D eigenvalue weighted by Crippen LogP contribution is 2.38. The first kappa shape index (κ1) is 24.5. The lowest BCUT2D eigenvalue weighted by Crippen LogP contribution is -2.41. The third kappa shape index (κ3) is 5.72. The number of aryl methyl sites for hydroxylation is 1. The number of nitrogens with zero attached hydrogens (tertiary/aromatic N) is 1. The lowest BCUT2D eigenvalue weighted by molar-refractivity contribution is -0.127. The molecular weight excluding hydrogens is 440 g/mol. The fourth-order valence-corrected chi connectivity index (χ4v) is 4.51. The van der Waals surface area contributed by atoms with Gasteiger partial charge in [0.2, 0.25) is 0 Å². The lowest BCUT2D eigenvalue weighted by atomic mass is 9.87. The summed E-state index contributed by atoms with van der Waals surface area (Å²) in [4.78, 5) is 27.9. The predicted molar refractivity (Wildman–Crippen MR) is 136 cm³/mol. The SMILES string of the molecule is COCCNC(=O)[C@@H](C)Oc1ccc2c(c1)[C@@H](c1cccc(C)c1)N(C(=O)c1ccccc1)CC2. The molecule has 3 aromatic carbocycles. The number of amides is 2. The van der Waals surface area contributed by atoms with Gasteiger partial charge in [-0.05, 0) is 61.2 Å². The van der Waals surface area contributed by atoms with Gasteiger partial charge in [-0.15, -0.1) is 0 Å². The molecule has 0 saturated carbocycles. The second-order valence-corrected chi connectivity index (χ2v) is 8.84. The van der Waals surface area contributed by atoms with Gasteiger partial charge in [0, 0.05) is 25.8 Å². The summed E-state index contributed by atoms with van der Waals surface area (Å²) in [6.45, 7) is 5.28. The van der Waals surface area contributed by atoms with Crippen LogP contribution in [-0.4, -0.2) is 49.6 Å². The predicted octanol–water partition coefficient (Wildman–Crippen LogP) is 4.31. The average Bonchev–Trinajstić information content (AvgIpc) is 2.88. The van der Waals surface area contributed by atoms with E-state index in [1.807, 2.05) is 59.5 Å². The van der Waals surface area contributed by atoms with E-state index in [1.54, 1.807) is 14.0 Å². The Morgan fingerprint density at radius 3 is 2.60 bits per heavy atom. The molecule has 182 valence electrons. The van der Waals surface area contributed by atoms with Crippen molar-refractivity contribution >= 4 is 11.8 Å². The number of rotatable bonds is 8. The van der Waals surface area contributed by atoms with Crippen LogP contribution in [0.25, 0.3) is 0 Å².